The number of methoxy groups -OCH3 is 1. The molecular formula is C21H22ClNO4. The highest BCUT2D eigenvalue weighted by Gasteiger charge is 2.29. The van der Waals surface area contributed by atoms with Crippen molar-refractivity contribution in [3.8, 4) is 17.2 Å². The summed E-state index contributed by atoms with van der Waals surface area (Å²) >= 11 is 6.10. The van der Waals surface area contributed by atoms with Gasteiger partial charge in [-0.05, 0) is 43.7 Å². The molecule has 4 rings (SSSR count). The van der Waals surface area contributed by atoms with Crippen LogP contribution >= 0.6 is 11.6 Å². The Hall–Kier alpha value is -2.24. The van der Waals surface area contributed by atoms with E-state index in [0.717, 1.165) is 43.0 Å². The smallest absolute Gasteiger partial charge is 0.231 e. The fourth-order valence-corrected chi connectivity index (χ4v) is 4.03. The van der Waals surface area contributed by atoms with E-state index < -0.39 is 0 Å². The molecule has 6 heteroatoms. The number of piperidine rings is 1. The van der Waals surface area contributed by atoms with Gasteiger partial charge in [0.05, 0.1) is 12.7 Å². The summed E-state index contributed by atoms with van der Waals surface area (Å²) in [5, 5.41) is 0.545. The molecule has 0 spiro atoms. The number of hydrogen-bond donors (Lipinski definition) is 0. The van der Waals surface area contributed by atoms with Crippen molar-refractivity contribution >= 4 is 17.4 Å². The van der Waals surface area contributed by atoms with Crippen LogP contribution in [0.25, 0.3) is 0 Å². The van der Waals surface area contributed by atoms with Crippen LogP contribution in [0.1, 0.15) is 28.8 Å². The van der Waals surface area contributed by atoms with Gasteiger partial charge < -0.3 is 14.2 Å². The summed E-state index contributed by atoms with van der Waals surface area (Å²) in [5.74, 6) is 2.22. The van der Waals surface area contributed by atoms with Gasteiger partial charge in [0.15, 0.2) is 17.3 Å². The van der Waals surface area contributed by atoms with E-state index in [9.17, 15) is 4.79 Å². The maximum absolute atomic E-state index is 13.1. The van der Waals surface area contributed by atoms with Gasteiger partial charge in [0.2, 0.25) is 6.79 Å². The van der Waals surface area contributed by atoms with Crippen LogP contribution in [-0.2, 0) is 6.54 Å². The van der Waals surface area contributed by atoms with Gasteiger partial charge in [0, 0.05) is 29.6 Å². The Morgan fingerprint density at radius 3 is 3.04 bits per heavy atom. The van der Waals surface area contributed by atoms with Crippen LogP contribution < -0.4 is 14.2 Å². The van der Waals surface area contributed by atoms with Crippen molar-refractivity contribution in [2.45, 2.75) is 19.4 Å². The quantitative estimate of drug-likeness (QED) is 0.720. The molecule has 0 amide bonds. The van der Waals surface area contributed by atoms with Crippen LogP contribution in [0.4, 0.5) is 0 Å². The van der Waals surface area contributed by atoms with E-state index in [1.165, 1.54) is 0 Å². The lowest BCUT2D eigenvalue weighted by Crippen LogP contribution is -2.38. The molecule has 2 heterocycles. The van der Waals surface area contributed by atoms with Crippen molar-refractivity contribution in [3.63, 3.8) is 0 Å². The Bertz CT molecular complexity index is 854. The average molecular weight is 388 g/mol. The highest BCUT2D eigenvalue weighted by molar-refractivity contribution is 6.31. The molecule has 1 atom stereocenters. The maximum atomic E-state index is 13.1. The third-order valence-electron chi connectivity index (χ3n) is 5.18. The number of likely N-dealkylation sites (tertiary alicyclic amines) is 1. The summed E-state index contributed by atoms with van der Waals surface area (Å²) in [6, 6.07) is 11.1. The summed E-state index contributed by atoms with van der Waals surface area (Å²) < 4.78 is 16.4. The first-order valence-electron chi connectivity index (χ1n) is 9.13. The molecule has 2 aliphatic heterocycles. The number of ether oxygens (including phenoxy) is 3. The van der Waals surface area contributed by atoms with Gasteiger partial charge in [-0.15, -0.1) is 0 Å². The summed E-state index contributed by atoms with van der Waals surface area (Å²) in [7, 11) is 1.57. The molecule has 5 nitrogen and oxygen atoms in total. The topological polar surface area (TPSA) is 48.0 Å². The molecule has 0 bridgehead atoms. The van der Waals surface area contributed by atoms with Crippen LogP contribution in [0.3, 0.4) is 0 Å². The number of benzene rings is 2. The van der Waals surface area contributed by atoms with E-state index in [0.29, 0.717) is 22.9 Å². The van der Waals surface area contributed by atoms with E-state index in [1.807, 2.05) is 12.1 Å². The zero-order valence-corrected chi connectivity index (χ0v) is 16.0. The van der Waals surface area contributed by atoms with E-state index in [2.05, 4.69) is 11.0 Å². The van der Waals surface area contributed by atoms with Gasteiger partial charge in [-0.2, -0.15) is 0 Å². The zero-order chi connectivity index (χ0) is 18.8. The number of ketones is 1. The van der Waals surface area contributed by atoms with Gasteiger partial charge in [0.1, 0.15) is 5.75 Å². The SMILES string of the molecule is COc1ccc(Cl)cc1C(=O)C1CCCN(Cc2cccc3c2OCO3)C1. The molecular weight excluding hydrogens is 366 g/mol. The van der Waals surface area contributed by atoms with Crippen molar-refractivity contribution in [1.82, 2.24) is 4.90 Å². The number of halogens is 1. The molecule has 27 heavy (non-hydrogen) atoms. The first-order chi connectivity index (χ1) is 13.2. The van der Waals surface area contributed by atoms with Gasteiger partial charge in [-0.1, -0.05) is 23.7 Å². The zero-order valence-electron chi connectivity index (χ0n) is 15.2. The minimum Gasteiger partial charge on any atom is -0.496 e. The van der Waals surface area contributed by atoms with Crippen molar-refractivity contribution in [3.05, 3.63) is 52.5 Å². The highest BCUT2D eigenvalue weighted by Crippen LogP contribution is 2.36. The minimum absolute atomic E-state index is 0.0694. The number of carbonyl (C=O) groups is 1. The molecule has 142 valence electrons. The molecule has 0 aromatic heterocycles. The Kier molecular flexibility index (Phi) is 5.23. The normalized spacial score (nSPS) is 19.1. The lowest BCUT2D eigenvalue weighted by molar-refractivity contribution is 0.0807. The molecule has 1 unspecified atom stereocenters. The summed E-state index contributed by atoms with van der Waals surface area (Å²) in [5.41, 5.74) is 1.66. The fraction of sp³-hybridized carbons (Fsp3) is 0.381. The maximum Gasteiger partial charge on any atom is 0.231 e. The standard InChI is InChI=1S/C21H22ClNO4/c1-25-18-8-7-16(22)10-17(18)20(24)14-5-3-9-23(11-14)12-15-4-2-6-19-21(15)27-13-26-19/h2,4,6-8,10,14H,3,5,9,11-13H2,1H3. The lowest BCUT2D eigenvalue weighted by Gasteiger charge is -2.32. The Labute approximate surface area is 163 Å². The molecule has 2 aromatic rings. The van der Waals surface area contributed by atoms with Gasteiger partial charge in [0.25, 0.3) is 0 Å². The average Bonchev–Trinajstić information content (AvgIpc) is 3.17. The Balaban J connectivity index is 1.49. The van der Waals surface area contributed by atoms with E-state index in [4.69, 9.17) is 25.8 Å². The van der Waals surface area contributed by atoms with Crippen molar-refractivity contribution < 1.29 is 19.0 Å². The first kappa shape index (κ1) is 18.1. The second-order valence-electron chi connectivity index (χ2n) is 6.93. The second-order valence-corrected chi connectivity index (χ2v) is 7.37. The number of fused-ring (bicyclic) bond motifs is 1. The van der Waals surface area contributed by atoms with Gasteiger partial charge in [-0.25, -0.2) is 0 Å². The van der Waals surface area contributed by atoms with Crippen LogP contribution in [0.2, 0.25) is 5.02 Å². The number of hydrogen-bond acceptors (Lipinski definition) is 5. The largest absolute Gasteiger partial charge is 0.496 e. The first-order valence-corrected chi connectivity index (χ1v) is 9.51. The predicted molar refractivity (Wildman–Crippen MR) is 103 cm³/mol. The number of para-hydroxylation sites is 1. The van der Waals surface area contributed by atoms with E-state index >= 15 is 0 Å². The van der Waals surface area contributed by atoms with Crippen LogP contribution in [0.5, 0.6) is 17.2 Å². The van der Waals surface area contributed by atoms with Crippen LogP contribution in [0, 0.1) is 5.92 Å². The van der Waals surface area contributed by atoms with Crippen LogP contribution in [-0.4, -0.2) is 37.7 Å². The number of Topliss-reactive ketones (excluding diaryl/α,β-unsaturated/α-hetero) is 1. The molecule has 0 N–H and O–H groups in total. The lowest BCUT2D eigenvalue weighted by atomic mass is 9.89. The van der Waals surface area contributed by atoms with Crippen LogP contribution in [0.15, 0.2) is 36.4 Å². The summed E-state index contributed by atoms with van der Waals surface area (Å²) in [4.78, 5) is 15.4. The molecule has 1 fully saturated rings. The van der Waals surface area contributed by atoms with Crippen molar-refractivity contribution in [2.24, 2.45) is 5.92 Å². The van der Waals surface area contributed by atoms with Gasteiger partial charge in [-0.3, -0.25) is 9.69 Å². The molecule has 1 saturated heterocycles. The van der Waals surface area contributed by atoms with E-state index in [-0.39, 0.29) is 18.5 Å². The second kappa shape index (κ2) is 7.79. The molecule has 0 aliphatic carbocycles. The summed E-state index contributed by atoms with van der Waals surface area (Å²) in [6.07, 6.45) is 1.85. The molecule has 2 aromatic carbocycles. The molecule has 0 radical (unpaired) electrons. The molecule has 0 saturated carbocycles. The fourth-order valence-electron chi connectivity index (χ4n) is 3.86. The third kappa shape index (κ3) is 3.75. The van der Waals surface area contributed by atoms with Crippen molar-refractivity contribution in [1.29, 1.82) is 0 Å². The minimum atomic E-state index is -0.0694. The Morgan fingerprint density at radius 1 is 1.30 bits per heavy atom. The third-order valence-corrected chi connectivity index (χ3v) is 5.41. The number of nitrogens with zero attached hydrogens (tertiary/aromatic N) is 1. The Morgan fingerprint density at radius 2 is 2.19 bits per heavy atom. The van der Waals surface area contributed by atoms with Crippen molar-refractivity contribution in [2.75, 3.05) is 27.0 Å². The predicted octanol–water partition coefficient (Wildman–Crippen LogP) is 4.17. The summed E-state index contributed by atoms with van der Waals surface area (Å²) in [6.45, 7) is 2.67. The highest BCUT2D eigenvalue weighted by atomic mass is 35.5. The number of rotatable bonds is 5. The number of carbonyl (C=O) groups excluding carboxylic acids is 1. The van der Waals surface area contributed by atoms with Gasteiger partial charge >= 0.3 is 0 Å². The monoisotopic (exact) mass is 387 g/mol. The van der Waals surface area contributed by atoms with E-state index in [1.54, 1.807) is 25.3 Å². The molecule has 2 aliphatic rings.